The second-order valence-electron chi connectivity index (χ2n) is 7.71. The number of carbonyl (C=O) groups excluding carboxylic acids is 1. The standard InChI is InChI=1S/C24H16F3N3O5/c1-34-14-7-5-13(6-8-14)12-29-22(31)16-4-2-3-15-18(9-10-19(35-29)20(15)16)30-21(24(25,26)27)17(11-28-30)23(32)33/h2-11H,12H2,1H3,(H,32,33). The van der Waals surface area contributed by atoms with E-state index in [1.165, 1.54) is 24.3 Å². The fourth-order valence-electron chi connectivity index (χ4n) is 4.05. The van der Waals surface area contributed by atoms with Crippen LogP contribution >= 0.6 is 0 Å². The highest BCUT2D eigenvalue weighted by atomic mass is 19.4. The Hall–Kier alpha value is -4.54. The molecule has 0 spiro atoms. The van der Waals surface area contributed by atoms with Gasteiger partial charge in [0.15, 0.2) is 11.4 Å². The van der Waals surface area contributed by atoms with Crippen LogP contribution in [0.15, 0.2) is 60.8 Å². The first-order valence-corrected chi connectivity index (χ1v) is 10.3. The third kappa shape index (κ3) is 3.70. The van der Waals surface area contributed by atoms with Gasteiger partial charge in [0.25, 0.3) is 5.91 Å². The Kier molecular flexibility index (Phi) is 5.12. The Bertz CT molecular complexity index is 1480. The summed E-state index contributed by atoms with van der Waals surface area (Å²) in [7, 11) is 1.54. The van der Waals surface area contributed by atoms with Crippen molar-refractivity contribution in [2.75, 3.05) is 7.11 Å². The number of benzene rings is 3. The number of aromatic nitrogens is 2. The van der Waals surface area contributed by atoms with E-state index in [0.29, 0.717) is 22.0 Å². The van der Waals surface area contributed by atoms with Gasteiger partial charge in [0, 0.05) is 10.8 Å². The zero-order valence-corrected chi connectivity index (χ0v) is 18.0. The molecule has 1 aromatic heterocycles. The maximum absolute atomic E-state index is 13.8. The molecule has 35 heavy (non-hydrogen) atoms. The topological polar surface area (TPSA) is 93.9 Å². The lowest BCUT2D eigenvalue weighted by molar-refractivity contribution is -0.143. The minimum absolute atomic E-state index is 0.0366. The molecular formula is C24H16F3N3O5. The SMILES string of the molecule is COc1ccc(CN2Oc3ccc(-n4ncc(C(=O)O)c4C(F)(F)F)c4cccc(c34)C2=O)cc1. The van der Waals surface area contributed by atoms with Gasteiger partial charge in [-0.2, -0.15) is 23.3 Å². The van der Waals surface area contributed by atoms with Gasteiger partial charge in [0.2, 0.25) is 0 Å². The molecule has 2 heterocycles. The zero-order valence-electron chi connectivity index (χ0n) is 18.0. The van der Waals surface area contributed by atoms with E-state index in [0.717, 1.165) is 10.6 Å². The van der Waals surface area contributed by atoms with Crippen LogP contribution in [0, 0.1) is 0 Å². The van der Waals surface area contributed by atoms with Crippen LogP contribution in [0.2, 0.25) is 0 Å². The van der Waals surface area contributed by atoms with Crippen molar-refractivity contribution in [1.29, 1.82) is 0 Å². The maximum Gasteiger partial charge on any atom is 0.434 e. The molecule has 0 aliphatic carbocycles. The predicted octanol–water partition coefficient (Wildman–Crippen LogP) is 4.70. The number of ether oxygens (including phenoxy) is 1. The highest BCUT2D eigenvalue weighted by Crippen LogP contribution is 2.40. The number of hydrogen-bond donors (Lipinski definition) is 1. The molecule has 1 amide bonds. The van der Waals surface area contributed by atoms with Crippen LogP contribution < -0.4 is 9.57 Å². The molecule has 0 radical (unpaired) electrons. The molecule has 0 unspecified atom stereocenters. The van der Waals surface area contributed by atoms with E-state index in [1.807, 2.05) is 0 Å². The van der Waals surface area contributed by atoms with Crippen molar-refractivity contribution in [3.8, 4) is 17.2 Å². The van der Waals surface area contributed by atoms with Crippen molar-refractivity contribution < 1.29 is 37.4 Å². The van der Waals surface area contributed by atoms with Crippen LogP contribution in [0.5, 0.6) is 11.5 Å². The zero-order chi connectivity index (χ0) is 24.9. The van der Waals surface area contributed by atoms with E-state index in [9.17, 15) is 27.9 Å². The summed E-state index contributed by atoms with van der Waals surface area (Å²) in [6.07, 6.45) is -4.33. The number of hydroxylamine groups is 2. The lowest BCUT2D eigenvalue weighted by Gasteiger charge is -2.29. The van der Waals surface area contributed by atoms with Crippen molar-refractivity contribution in [2.24, 2.45) is 0 Å². The normalized spacial score (nSPS) is 13.1. The lowest BCUT2D eigenvalue weighted by atomic mass is 10.00. The number of rotatable bonds is 5. The summed E-state index contributed by atoms with van der Waals surface area (Å²) in [5, 5.41) is 14.6. The Morgan fingerprint density at radius 1 is 1.11 bits per heavy atom. The van der Waals surface area contributed by atoms with E-state index in [2.05, 4.69) is 5.10 Å². The summed E-state index contributed by atoms with van der Waals surface area (Å²) in [4.78, 5) is 30.4. The molecule has 4 aromatic rings. The largest absolute Gasteiger partial charge is 0.497 e. The molecule has 0 saturated heterocycles. The number of carbonyl (C=O) groups is 2. The predicted molar refractivity (Wildman–Crippen MR) is 117 cm³/mol. The van der Waals surface area contributed by atoms with E-state index in [4.69, 9.17) is 9.57 Å². The van der Waals surface area contributed by atoms with Gasteiger partial charge in [-0.1, -0.05) is 24.3 Å². The number of carboxylic acids is 1. The van der Waals surface area contributed by atoms with Crippen molar-refractivity contribution in [1.82, 2.24) is 14.8 Å². The van der Waals surface area contributed by atoms with Gasteiger partial charge in [0.05, 0.1) is 31.1 Å². The van der Waals surface area contributed by atoms with Gasteiger partial charge in [0.1, 0.15) is 11.3 Å². The molecule has 5 rings (SSSR count). The van der Waals surface area contributed by atoms with Crippen LogP contribution in [0.25, 0.3) is 16.5 Å². The molecule has 1 aliphatic heterocycles. The fourth-order valence-corrected chi connectivity index (χ4v) is 4.05. The molecule has 11 heteroatoms. The van der Waals surface area contributed by atoms with Crippen molar-refractivity contribution in [2.45, 2.75) is 12.7 Å². The highest BCUT2D eigenvalue weighted by molar-refractivity contribution is 6.12. The first-order chi connectivity index (χ1) is 16.7. The van der Waals surface area contributed by atoms with Crippen LogP contribution in [0.3, 0.4) is 0 Å². The molecular weight excluding hydrogens is 467 g/mol. The first kappa shape index (κ1) is 22.3. The molecule has 0 bridgehead atoms. The third-order valence-corrected chi connectivity index (χ3v) is 5.63. The number of halogens is 3. The van der Waals surface area contributed by atoms with Gasteiger partial charge in [-0.3, -0.25) is 4.79 Å². The summed E-state index contributed by atoms with van der Waals surface area (Å²) < 4.78 is 47.0. The number of carboxylic acid groups (broad SMARTS) is 1. The van der Waals surface area contributed by atoms with Crippen molar-refractivity contribution in [3.63, 3.8) is 0 Å². The summed E-state index contributed by atoms with van der Waals surface area (Å²) in [6, 6.07) is 14.4. The van der Waals surface area contributed by atoms with Crippen LogP contribution in [0.1, 0.15) is 32.0 Å². The number of aromatic carboxylic acids is 1. The molecule has 3 aromatic carbocycles. The van der Waals surface area contributed by atoms with Gasteiger partial charge in [-0.15, -0.1) is 0 Å². The van der Waals surface area contributed by atoms with Crippen molar-refractivity contribution in [3.05, 3.63) is 83.2 Å². The van der Waals surface area contributed by atoms with E-state index in [-0.39, 0.29) is 28.9 Å². The van der Waals surface area contributed by atoms with Gasteiger partial charge in [-0.05, 0) is 35.9 Å². The van der Waals surface area contributed by atoms with Gasteiger partial charge < -0.3 is 14.7 Å². The lowest BCUT2D eigenvalue weighted by Crippen LogP contribution is -2.36. The maximum atomic E-state index is 13.8. The Labute approximate surface area is 195 Å². The average Bonchev–Trinajstić information content (AvgIpc) is 3.29. The minimum atomic E-state index is -4.98. The number of nitrogens with zero attached hydrogens (tertiary/aromatic N) is 3. The second kappa shape index (κ2) is 8.05. The van der Waals surface area contributed by atoms with E-state index < -0.39 is 29.3 Å². The summed E-state index contributed by atoms with van der Waals surface area (Å²) in [6.45, 7) is 0.125. The quantitative estimate of drug-likeness (QED) is 0.442. The van der Waals surface area contributed by atoms with E-state index >= 15 is 0 Å². The number of amides is 1. The summed E-state index contributed by atoms with van der Waals surface area (Å²) in [5.74, 6) is -1.30. The smallest absolute Gasteiger partial charge is 0.434 e. The molecule has 1 aliphatic rings. The number of hydrogen-bond acceptors (Lipinski definition) is 5. The summed E-state index contributed by atoms with van der Waals surface area (Å²) >= 11 is 0. The highest BCUT2D eigenvalue weighted by Gasteiger charge is 2.41. The van der Waals surface area contributed by atoms with Gasteiger partial charge >= 0.3 is 12.1 Å². The monoisotopic (exact) mass is 483 g/mol. The average molecular weight is 483 g/mol. The van der Waals surface area contributed by atoms with E-state index in [1.54, 1.807) is 37.4 Å². The minimum Gasteiger partial charge on any atom is -0.497 e. The third-order valence-electron chi connectivity index (χ3n) is 5.63. The van der Waals surface area contributed by atoms with Crippen LogP contribution in [-0.2, 0) is 12.7 Å². The second-order valence-corrected chi connectivity index (χ2v) is 7.71. The summed E-state index contributed by atoms with van der Waals surface area (Å²) in [5.41, 5.74) is -1.42. The molecule has 0 saturated carbocycles. The van der Waals surface area contributed by atoms with Crippen LogP contribution in [0.4, 0.5) is 13.2 Å². The molecule has 8 nitrogen and oxygen atoms in total. The van der Waals surface area contributed by atoms with Crippen molar-refractivity contribution >= 4 is 22.6 Å². The molecule has 1 N–H and O–H groups in total. The molecule has 0 fully saturated rings. The number of alkyl halides is 3. The number of methoxy groups -OCH3 is 1. The fraction of sp³-hybridized carbons (Fsp3) is 0.125. The molecule has 178 valence electrons. The first-order valence-electron chi connectivity index (χ1n) is 10.3. The molecule has 0 atom stereocenters. The van der Waals surface area contributed by atoms with Gasteiger partial charge in [-0.25, -0.2) is 9.48 Å². The Morgan fingerprint density at radius 3 is 2.51 bits per heavy atom. The van der Waals surface area contributed by atoms with Crippen LogP contribution in [-0.4, -0.2) is 38.9 Å². The Balaban J connectivity index is 1.60. The Morgan fingerprint density at radius 2 is 1.86 bits per heavy atom.